The predicted octanol–water partition coefficient (Wildman–Crippen LogP) is 0.287. The molecule has 166 valence electrons. The average Bonchev–Trinajstić information content (AvgIpc) is 2.65. The van der Waals surface area contributed by atoms with E-state index in [1.54, 1.807) is 0 Å². The van der Waals surface area contributed by atoms with Crippen molar-refractivity contribution < 1.29 is 19.2 Å². The molecule has 0 aromatic rings. The Kier molecular flexibility index (Phi) is 27.8. The Labute approximate surface area is 201 Å². The van der Waals surface area contributed by atoms with Gasteiger partial charge in [0.25, 0.3) is 0 Å². The summed E-state index contributed by atoms with van der Waals surface area (Å²) in [5, 5.41) is 5.87. The Bertz CT molecular complexity index is 462. The number of nitrogens with one attached hydrogen (secondary N) is 2. The Morgan fingerprint density at radius 3 is 1.79 bits per heavy atom. The van der Waals surface area contributed by atoms with Crippen molar-refractivity contribution in [3.63, 3.8) is 0 Å². The Hall–Kier alpha value is 0.330. The van der Waals surface area contributed by atoms with E-state index in [1.807, 2.05) is 29.5 Å². The van der Waals surface area contributed by atoms with Gasteiger partial charge in [0.1, 0.15) is 11.6 Å². The molecule has 8 nitrogen and oxygen atoms in total. The number of thiol groups is 3. The van der Waals surface area contributed by atoms with Crippen LogP contribution in [0.2, 0.25) is 0 Å². The molecule has 0 rings (SSSR count). The van der Waals surface area contributed by atoms with Gasteiger partial charge in [-0.3, -0.25) is 29.8 Å². The van der Waals surface area contributed by atoms with Gasteiger partial charge in [-0.2, -0.15) is 37.9 Å². The normalized spacial score (nSPS) is 11.8. The smallest absolute Gasteiger partial charge is 0.227 e. The minimum Gasteiger partial charge on any atom is -0.369 e. The van der Waals surface area contributed by atoms with E-state index in [0.717, 1.165) is 0 Å². The fourth-order valence-electron chi connectivity index (χ4n) is 1.28. The number of thioether (sulfide) groups is 1. The van der Waals surface area contributed by atoms with Gasteiger partial charge in [-0.15, -0.1) is 11.8 Å². The molecule has 2 amide bonds. The molecule has 28 heavy (non-hydrogen) atoms. The molecular formula is C15H31IN4O4S4. The van der Waals surface area contributed by atoms with Crippen LogP contribution in [0.4, 0.5) is 0 Å². The van der Waals surface area contributed by atoms with Crippen LogP contribution in [0, 0.1) is 0 Å². The Morgan fingerprint density at radius 1 is 1.00 bits per heavy atom. The second-order valence-corrected chi connectivity index (χ2v) is 7.82. The quantitative estimate of drug-likeness (QED) is 0.0540. The van der Waals surface area contributed by atoms with Crippen LogP contribution in [-0.2, 0) is 19.2 Å². The largest absolute Gasteiger partial charge is 0.369 e. The highest BCUT2D eigenvalue weighted by Gasteiger charge is 2.12. The molecule has 0 fully saturated rings. The van der Waals surface area contributed by atoms with E-state index in [2.05, 4.69) is 54.3 Å². The summed E-state index contributed by atoms with van der Waals surface area (Å²) in [5.41, 5.74) is 9.58. The summed E-state index contributed by atoms with van der Waals surface area (Å²) in [6, 6.07) is -0.352. The van der Waals surface area contributed by atoms with Gasteiger partial charge in [0.05, 0.1) is 22.3 Å². The van der Waals surface area contributed by atoms with Gasteiger partial charge in [-0.05, 0) is 6.92 Å². The van der Waals surface area contributed by atoms with Crippen LogP contribution in [0.5, 0.6) is 0 Å². The van der Waals surface area contributed by atoms with Crippen LogP contribution in [0.15, 0.2) is 0 Å². The van der Waals surface area contributed by atoms with Gasteiger partial charge in [-0.1, -0.05) is 29.5 Å². The number of primary amides is 2. The third-order valence-electron chi connectivity index (χ3n) is 2.74. The number of carbonyl (C=O) groups excluding carboxylic acids is 4. The zero-order chi connectivity index (χ0) is 22.5. The van der Waals surface area contributed by atoms with Crippen molar-refractivity contribution >= 4 is 95.6 Å². The molecule has 0 radical (unpaired) electrons. The summed E-state index contributed by atoms with van der Waals surface area (Å²) in [7, 11) is 0. The number of amides is 2. The molecule has 0 saturated carbocycles. The summed E-state index contributed by atoms with van der Waals surface area (Å²) >= 11 is 15.2. The summed E-state index contributed by atoms with van der Waals surface area (Å²) in [5.74, 6) is 1.98. The third-order valence-corrected chi connectivity index (χ3v) is 5.26. The number of alkyl halides is 1. The first-order chi connectivity index (χ1) is 13.1. The van der Waals surface area contributed by atoms with E-state index in [-0.39, 0.29) is 41.2 Å². The van der Waals surface area contributed by atoms with E-state index in [1.165, 1.54) is 18.7 Å². The van der Waals surface area contributed by atoms with E-state index in [9.17, 15) is 19.2 Å². The van der Waals surface area contributed by atoms with Gasteiger partial charge < -0.3 is 11.5 Å². The topological polar surface area (TPSA) is 144 Å². The van der Waals surface area contributed by atoms with Crippen molar-refractivity contribution in [2.75, 3.05) is 33.4 Å². The Balaban J connectivity index is -0.000000368. The summed E-state index contributed by atoms with van der Waals surface area (Å²) < 4.78 is 0.414. The molecule has 0 aliphatic rings. The number of carbonyl (C=O) groups is 4. The molecule has 0 heterocycles. The fraction of sp³-hybridized carbons (Fsp3) is 0.733. The molecule has 0 aliphatic heterocycles. The first-order valence-electron chi connectivity index (χ1n) is 8.13. The van der Waals surface area contributed by atoms with Gasteiger partial charge >= 0.3 is 0 Å². The molecule has 0 aliphatic carbocycles. The number of halogens is 1. The molecule has 0 aromatic heterocycles. The summed E-state index contributed by atoms with van der Waals surface area (Å²) in [6.07, 6.45) is 0.562. The average molecular weight is 587 g/mol. The maximum Gasteiger partial charge on any atom is 0.227 e. The highest BCUT2D eigenvalue weighted by atomic mass is 127. The van der Waals surface area contributed by atoms with Crippen LogP contribution in [-0.4, -0.2) is 68.9 Å². The van der Waals surface area contributed by atoms with E-state index >= 15 is 0 Å². The minimum atomic E-state index is -0.350. The second-order valence-electron chi connectivity index (χ2n) is 5.03. The lowest BCUT2D eigenvalue weighted by molar-refractivity contribution is -0.120. The zero-order valence-corrected chi connectivity index (χ0v) is 21.7. The number of hydrogen-bond acceptors (Lipinski definition) is 10. The van der Waals surface area contributed by atoms with E-state index < -0.39 is 0 Å². The molecular weight excluding hydrogens is 555 g/mol. The fourth-order valence-corrected chi connectivity index (χ4v) is 2.85. The van der Waals surface area contributed by atoms with Gasteiger partial charge in [-0.25, -0.2) is 0 Å². The second kappa shape index (κ2) is 23.6. The number of ketones is 2. The summed E-state index contributed by atoms with van der Waals surface area (Å²) in [4.78, 5) is 41.8. The summed E-state index contributed by atoms with van der Waals surface area (Å²) in [6.45, 7) is 3.35. The zero-order valence-electron chi connectivity index (χ0n) is 16.0. The standard InChI is InChI=1S/C7H14N2O2S2.C6H13NOS2.C2H4INO/c1-5(10)6(2-12)9-4-13-3-7(8)11;1-2-6(8)5(3-9)7-4-10;3-1-2(4)5/h6,9,12H,2-4H2,1H3,(H2,8,11);5,7,9-10H,2-4H2,1H3;1H2,(H2,4,5)/t6-;5-;/m00./s1. The van der Waals surface area contributed by atoms with Crippen LogP contribution < -0.4 is 22.1 Å². The van der Waals surface area contributed by atoms with Crippen molar-refractivity contribution in [3.05, 3.63) is 0 Å². The van der Waals surface area contributed by atoms with Crippen LogP contribution >= 0.6 is 72.2 Å². The lowest BCUT2D eigenvalue weighted by Crippen LogP contribution is -2.37. The molecule has 6 N–H and O–H groups in total. The van der Waals surface area contributed by atoms with Crippen molar-refractivity contribution in [2.24, 2.45) is 11.5 Å². The monoisotopic (exact) mass is 586 g/mol. The van der Waals surface area contributed by atoms with Crippen molar-refractivity contribution in [1.29, 1.82) is 0 Å². The van der Waals surface area contributed by atoms with Gasteiger partial charge in [0, 0.05) is 29.7 Å². The first-order valence-corrected chi connectivity index (χ1v) is 12.7. The Morgan fingerprint density at radius 2 is 1.50 bits per heavy atom. The van der Waals surface area contributed by atoms with Crippen molar-refractivity contribution in [2.45, 2.75) is 32.4 Å². The third kappa shape index (κ3) is 24.4. The van der Waals surface area contributed by atoms with Crippen LogP contribution in [0.3, 0.4) is 0 Å². The molecule has 2 atom stereocenters. The SMILES string of the molecule is CC(=O)[C@H](CS)NCSCC(N)=O.CCC(=O)[C@H](CS)NCS.NC(=O)CI. The van der Waals surface area contributed by atoms with Gasteiger partial charge in [0.15, 0.2) is 0 Å². The lowest BCUT2D eigenvalue weighted by Gasteiger charge is -2.11. The number of Topliss-reactive ketones (excluding diaryl/α,β-unsaturated/α-hetero) is 2. The van der Waals surface area contributed by atoms with Crippen LogP contribution in [0.1, 0.15) is 20.3 Å². The number of hydrogen-bond donors (Lipinski definition) is 7. The van der Waals surface area contributed by atoms with E-state index in [4.69, 9.17) is 5.73 Å². The first kappa shape index (κ1) is 33.0. The van der Waals surface area contributed by atoms with E-state index in [0.29, 0.717) is 34.1 Å². The number of rotatable bonds is 13. The maximum atomic E-state index is 11.0. The molecule has 0 saturated heterocycles. The predicted molar refractivity (Wildman–Crippen MR) is 136 cm³/mol. The highest BCUT2D eigenvalue weighted by Crippen LogP contribution is 1.98. The molecule has 0 aromatic carbocycles. The van der Waals surface area contributed by atoms with Crippen LogP contribution in [0.25, 0.3) is 0 Å². The maximum absolute atomic E-state index is 11.0. The number of nitrogens with two attached hydrogens (primary N) is 2. The van der Waals surface area contributed by atoms with Gasteiger partial charge in [0.2, 0.25) is 11.8 Å². The molecule has 13 heteroatoms. The highest BCUT2D eigenvalue weighted by molar-refractivity contribution is 14.1. The molecule has 0 spiro atoms. The lowest BCUT2D eigenvalue weighted by atomic mass is 10.2. The van der Waals surface area contributed by atoms with Crippen molar-refractivity contribution in [3.8, 4) is 0 Å². The molecule has 0 unspecified atom stereocenters. The molecule has 0 bridgehead atoms. The minimum absolute atomic E-state index is 0.0506. The van der Waals surface area contributed by atoms with Crippen molar-refractivity contribution in [1.82, 2.24) is 10.6 Å².